The minimum Gasteiger partial charge on any atom is -0.494 e. The number of fused-ring (bicyclic) bond motifs is 1. The average Bonchev–Trinajstić information content (AvgIpc) is 2.92. The van der Waals surface area contributed by atoms with E-state index >= 15 is 0 Å². The summed E-state index contributed by atoms with van der Waals surface area (Å²) in [7, 11) is 0. The number of carbonyl (C=O) groups excluding carboxylic acids is 1. The van der Waals surface area contributed by atoms with Crippen LogP contribution in [0, 0.1) is 6.92 Å². The van der Waals surface area contributed by atoms with Crippen LogP contribution in [0.2, 0.25) is 0 Å². The van der Waals surface area contributed by atoms with Crippen LogP contribution in [0.25, 0.3) is 11.1 Å². The zero-order chi connectivity index (χ0) is 16.1. The zero-order valence-corrected chi connectivity index (χ0v) is 12.9. The third kappa shape index (κ3) is 4.10. The predicted molar refractivity (Wildman–Crippen MR) is 88.5 cm³/mol. The molecule has 1 heterocycles. The standard InChI is InChI=1S/C18H18N2O3/c1-13-19-16-10-9-14(12-17(16)23-13)20-18(21)8-5-11-22-15-6-3-2-4-7-15/h2-4,6-7,9-10,12H,5,8,11H2,1H3,(H,20,21). The van der Waals surface area contributed by atoms with Crippen LogP contribution >= 0.6 is 0 Å². The first-order valence-corrected chi connectivity index (χ1v) is 7.55. The van der Waals surface area contributed by atoms with Gasteiger partial charge >= 0.3 is 0 Å². The van der Waals surface area contributed by atoms with Gasteiger partial charge in [0, 0.05) is 25.1 Å². The van der Waals surface area contributed by atoms with Crippen molar-refractivity contribution >= 4 is 22.7 Å². The number of aryl methyl sites for hydroxylation is 1. The monoisotopic (exact) mass is 310 g/mol. The average molecular weight is 310 g/mol. The van der Waals surface area contributed by atoms with Gasteiger partial charge in [-0.05, 0) is 30.7 Å². The maximum absolute atomic E-state index is 12.0. The first-order chi connectivity index (χ1) is 11.2. The highest BCUT2D eigenvalue weighted by Crippen LogP contribution is 2.20. The van der Waals surface area contributed by atoms with Crippen molar-refractivity contribution in [2.24, 2.45) is 0 Å². The van der Waals surface area contributed by atoms with Crippen LogP contribution in [0.3, 0.4) is 0 Å². The molecule has 5 heteroatoms. The van der Waals surface area contributed by atoms with E-state index in [1.165, 1.54) is 0 Å². The lowest BCUT2D eigenvalue weighted by atomic mass is 10.2. The highest BCUT2D eigenvalue weighted by atomic mass is 16.5. The molecule has 0 saturated carbocycles. The molecule has 0 aliphatic carbocycles. The summed E-state index contributed by atoms with van der Waals surface area (Å²) in [5.41, 5.74) is 2.17. The fourth-order valence-electron chi connectivity index (χ4n) is 2.28. The second-order valence-corrected chi connectivity index (χ2v) is 5.23. The summed E-state index contributed by atoms with van der Waals surface area (Å²) in [6.07, 6.45) is 1.06. The molecule has 0 unspecified atom stereocenters. The predicted octanol–water partition coefficient (Wildman–Crippen LogP) is 3.93. The number of aromatic nitrogens is 1. The molecule has 0 atom stereocenters. The Morgan fingerprint density at radius 2 is 2.04 bits per heavy atom. The maximum atomic E-state index is 12.0. The normalized spacial score (nSPS) is 10.7. The van der Waals surface area contributed by atoms with Crippen molar-refractivity contribution in [2.75, 3.05) is 11.9 Å². The number of hydrogen-bond acceptors (Lipinski definition) is 4. The minimum atomic E-state index is -0.0442. The van der Waals surface area contributed by atoms with Gasteiger partial charge in [0.2, 0.25) is 5.91 Å². The minimum absolute atomic E-state index is 0.0442. The van der Waals surface area contributed by atoms with E-state index in [9.17, 15) is 4.79 Å². The summed E-state index contributed by atoms with van der Waals surface area (Å²) in [6.45, 7) is 2.31. The number of nitrogens with one attached hydrogen (secondary N) is 1. The molecule has 23 heavy (non-hydrogen) atoms. The lowest BCUT2D eigenvalue weighted by Gasteiger charge is -2.07. The molecule has 0 fully saturated rings. The summed E-state index contributed by atoms with van der Waals surface area (Å²) < 4.78 is 11.0. The fraction of sp³-hybridized carbons (Fsp3) is 0.222. The van der Waals surface area contributed by atoms with Gasteiger partial charge in [0.05, 0.1) is 6.61 Å². The van der Waals surface area contributed by atoms with Crippen LogP contribution < -0.4 is 10.1 Å². The summed E-state index contributed by atoms with van der Waals surface area (Å²) >= 11 is 0. The van der Waals surface area contributed by atoms with Gasteiger partial charge in [-0.15, -0.1) is 0 Å². The van der Waals surface area contributed by atoms with Crippen molar-refractivity contribution in [2.45, 2.75) is 19.8 Å². The second-order valence-electron chi connectivity index (χ2n) is 5.23. The number of anilines is 1. The largest absolute Gasteiger partial charge is 0.494 e. The Bertz CT molecular complexity index is 796. The SMILES string of the molecule is Cc1nc2ccc(NC(=O)CCCOc3ccccc3)cc2o1. The molecule has 0 saturated heterocycles. The van der Waals surface area contributed by atoms with Crippen molar-refractivity contribution in [3.63, 3.8) is 0 Å². The Kier molecular flexibility index (Phi) is 4.57. The lowest BCUT2D eigenvalue weighted by Crippen LogP contribution is -2.12. The highest BCUT2D eigenvalue weighted by Gasteiger charge is 2.06. The van der Waals surface area contributed by atoms with Crippen LogP contribution in [0.5, 0.6) is 5.75 Å². The van der Waals surface area contributed by atoms with E-state index in [1.54, 1.807) is 13.0 Å². The molecule has 1 N–H and O–H groups in total. The van der Waals surface area contributed by atoms with E-state index in [2.05, 4.69) is 10.3 Å². The maximum Gasteiger partial charge on any atom is 0.224 e. The Morgan fingerprint density at radius 1 is 1.22 bits per heavy atom. The number of amides is 1. The third-order valence-electron chi connectivity index (χ3n) is 3.34. The van der Waals surface area contributed by atoms with Crippen LogP contribution in [0.15, 0.2) is 52.9 Å². The van der Waals surface area contributed by atoms with Gasteiger partial charge in [0.15, 0.2) is 11.5 Å². The summed E-state index contributed by atoms with van der Waals surface area (Å²) in [6, 6.07) is 15.0. The van der Waals surface area contributed by atoms with E-state index in [0.29, 0.717) is 36.6 Å². The molecule has 1 aromatic heterocycles. The smallest absolute Gasteiger partial charge is 0.224 e. The quantitative estimate of drug-likeness (QED) is 0.701. The van der Waals surface area contributed by atoms with Crippen molar-refractivity contribution in [3.05, 3.63) is 54.4 Å². The molecule has 1 amide bonds. The third-order valence-corrected chi connectivity index (χ3v) is 3.34. The molecule has 0 spiro atoms. The van der Waals surface area contributed by atoms with Crippen LogP contribution in [-0.2, 0) is 4.79 Å². The number of para-hydroxylation sites is 1. The topological polar surface area (TPSA) is 64.4 Å². The van der Waals surface area contributed by atoms with Crippen molar-refractivity contribution < 1.29 is 13.9 Å². The van der Waals surface area contributed by atoms with Gasteiger partial charge in [-0.3, -0.25) is 4.79 Å². The van der Waals surface area contributed by atoms with Crippen molar-refractivity contribution in [3.8, 4) is 5.75 Å². The van der Waals surface area contributed by atoms with E-state index in [0.717, 1.165) is 11.3 Å². The molecule has 3 rings (SSSR count). The molecular formula is C18H18N2O3. The van der Waals surface area contributed by atoms with Gasteiger partial charge in [-0.2, -0.15) is 0 Å². The molecule has 0 aliphatic heterocycles. The summed E-state index contributed by atoms with van der Waals surface area (Å²) in [4.78, 5) is 16.2. The van der Waals surface area contributed by atoms with E-state index in [4.69, 9.17) is 9.15 Å². The molecule has 0 aliphatic rings. The Hall–Kier alpha value is -2.82. The van der Waals surface area contributed by atoms with Crippen LogP contribution in [0.1, 0.15) is 18.7 Å². The fourth-order valence-corrected chi connectivity index (χ4v) is 2.28. The van der Waals surface area contributed by atoms with Gasteiger partial charge in [0.25, 0.3) is 0 Å². The summed E-state index contributed by atoms with van der Waals surface area (Å²) in [5, 5.41) is 2.86. The second kappa shape index (κ2) is 6.96. The molecule has 118 valence electrons. The van der Waals surface area contributed by atoms with Gasteiger partial charge in [-0.25, -0.2) is 4.98 Å². The molecule has 0 bridgehead atoms. The van der Waals surface area contributed by atoms with Gasteiger partial charge in [0.1, 0.15) is 11.3 Å². The van der Waals surface area contributed by atoms with E-state index in [-0.39, 0.29) is 5.91 Å². The Morgan fingerprint density at radius 3 is 2.87 bits per heavy atom. The number of benzene rings is 2. The molecule has 3 aromatic rings. The lowest BCUT2D eigenvalue weighted by molar-refractivity contribution is -0.116. The Labute approximate surface area is 134 Å². The molecule has 2 aromatic carbocycles. The first-order valence-electron chi connectivity index (χ1n) is 7.55. The zero-order valence-electron chi connectivity index (χ0n) is 12.9. The van der Waals surface area contributed by atoms with Gasteiger partial charge in [-0.1, -0.05) is 18.2 Å². The van der Waals surface area contributed by atoms with E-state index < -0.39 is 0 Å². The molecule has 0 radical (unpaired) electrons. The first kappa shape index (κ1) is 15.1. The number of rotatable bonds is 6. The molecular weight excluding hydrogens is 292 g/mol. The Balaban J connectivity index is 1.46. The van der Waals surface area contributed by atoms with Crippen molar-refractivity contribution in [1.82, 2.24) is 4.98 Å². The molecule has 5 nitrogen and oxygen atoms in total. The van der Waals surface area contributed by atoms with Crippen molar-refractivity contribution in [1.29, 1.82) is 0 Å². The number of oxazole rings is 1. The highest BCUT2D eigenvalue weighted by molar-refractivity contribution is 5.92. The van der Waals surface area contributed by atoms with Crippen LogP contribution in [0.4, 0.5) is 5.69 Å². The number of carbonyl (C=O) groups is 1. The number of ether oxygens (including phenoxy) is 1. The number of nitrogens with zero attached hydrogens (tertiary/aromatic N) is 1. The van der Waals surface area contributed by atoms with Crippen LogP contribution in [-0.4, -0.2) is 17.5 Å². The summed E-state index contributed by atoms with van der Waals surface area (Å²) in [5.74, 6) is 1.39. The number of hydrogen-bond donors (Lipinski definition) is 1. The van der Waals surface area contributed by atoms with E-state index in [1.807, 2.05) is 42.5 Å². The van der Waals surface area contributed by atoms with Gasteiger partial charge < -0.3 is 14.5 Å².